The van der Waals surface area contributed by atoms with Gasteiger partial charge in [-0.15, -0.1) is 0 Å². The third-order valence-electron chi connectivity index (χ3n) is 1.49. The minimum Gasteiger partial charge on any atom is -0.261 e. The lowest BCUT2D eigenvalue weighted by Crippen LogP contribution is -2.02. The highest BCUT2D eigenvalue weighted by atomic mass is 79.9. The fourth-order valence-corrected chi connectivity index (χ4v) is 1.14. The van der Waals surface area contributed by atoms with E-state index in [2.05, 4.69) is 32.8 Å². The summed E-state index contributed by atoms with van der Waals surface area (Å²) in [5, 5.41) is 0. The van der Waals surface area contributed by atoms with Crippen molar-refractivity contribution in [3.8, 4) is 0 Å². The molecule has 0 spiro atoms. The van der Waals surface area contributed by atoms with E-state index in [1.165, 1.54) is 0 Å². The number of halogens is 1. The van der Waals surface area contributed by atoms with Crippen LogP contribution in [0.3, 0.4) is 0 Å². The van der Waals surface area contributed by atoms with E-state index in [9.17, 15) is 0 Å². The van der Waals surface area contributed by atoms with Gasteiger partial charge in [0.05, 0.1) is 5.69 Å². The van der Waals surface area contributed by atoms with Crippen molar-refractivity contribution in [2.75, 3.05) is 0 Å². The van der Waals surface area contributed by atoms with Crippen LogP contribution in [0.25, 0.3) is 0 Å². The first-order chi connectivity index (χ1) is 5.33. The molecule has 11 heavy (non-hydrogen) atoms. The number of nitrogens with zero attached hydrogens (tertiary/aromatic N) is 2. The van der Waals surface area contributed by atoms with Gasteiger partial charge in [-0.1, -0.05) is 22.9 Å². The van der Waals surface area contributed by atoms with E-state index in [4.69, 9.17) is 0 Å². The molecule has 0 aliphatic rings. The molecule has 1 heterocycles. The summed E-state index contributed by atoms with van der Waals surface area (Å²) in [6.07, 6.45) is 7.31. The van der Waals surface area contributed by atoms with E-state index < -0.39 is 0 Å². The Morgan fingerprint density at radius 2 is 2.36 bits per heavy atom. The number of aromatic nitrogens is 2. The lowest BCUT2D eigenvalue weighted by Gasteiger charge is -2.03. The van der Waals surface area contributed by atoms with Crippen molar-refractivity contribution in [1.29, 1.82) is 0 Å². The number of alkyl halides is 1. The predicted octanol–water partition coefficient (Wildman–Crippen LogP) is 2.19. The highest BCUT2D eigenvalue weighted by Gasteiger charge is 2.02. The van der Waals surface area contributed by atoms with E-state index in [0.717, 1.165) is 18.5 Å². The monoisotopic (exact) mass is 214 g/mol. The van der Waals surface area contributed by atoms with Crippen molar-refractivity contribution < 1.29 is 0 Å². The summed E-state index contributed by atoms with van der Waals surface area (Å²) in [7, 11) is 0. The Morgan fingerprint density at radius 1 is 1.55 bits per heavy atom. The van der Waals surface area contributed by atoms with Gasteiger partial charge in [-0.2, -0.15) is 0 Å². The van der Waals surface area contributed by atoms with Crippen molar-refractivity contribution >= 4 is 15.9 Å². The van der Waals surface area contributed by atoms with Crippen molar-refractivity contribution in [2.24, 2.45) is 0 Å². The smallest absolute Gasteiger partial charge is 0.0597 e. The molecule has 2 nitrogen and oxygen atoms in total. The molecule has 0 aliphatic carbocycles. The van der Waals surface area contributed by atoms with E-state index >= 15 is 0 Å². The van der Waals surface area contributed by atoms with Crippen LogP contribution in [0.2, 0.25) is 0 Å². The summed E-state index contributed by atoms with van der Waals surface area (Å²) in [4.78, 5) is 8.69. The molecule has 0 aliphatic heterocycles. The molecule has 0 amide bonds. The van der Waals surface area contributed by atoms with Crippen LogP contribution in [0.4, 0.5) is 0 Å². The first-order valence-electron chi connectivity index (χ1n) is 3.72. The maximum absolute atomic E-state index is 4.17. The number of rotatable bonds is 3. The topological polar surface area (TPSA) is 25.8 Å². The fourth-order valence-electron chi connectivity index (χ4n) is 0.807. The van der Waals surface area contributed by atoms with Crippen molar-refractivity contribution in [1.82, 2.24) is 9.97 Å². The second-order valence-corrected chi connectivity index (χ2v) is 3.70. The van der Waals surface area contributed by atoms with Gasteiger partial charge in [-0.05, 0) is 6.42 Å². The van der Waals surface area contributed by atoms with Gasteiger partial charge in [0.25, 0.3) is 0 Å². The minimum absolute atomic E-state index is 0.527. The molecule has 0 bridgehead atoms. The van der Waals surface area contributed by atoms with Gasteiger partial charge in [-0.3, -0.25) is 9.97 Å². The van der Waals surface area contributed by atoms with Crippen molar-refractivity contribution in [2.45, 2.75) is 24.6 Å². The largest absolute Gasteiger partial charge is 0.261 e. The molecule has 0 saturated heterocycles. The molecule has 3 heteroatoms. The second-order valence-electron chi connectivity index (χ2n) is 2.41. The Kier molecular flexibility index (Phi) is 3.49. The van der Waals surface area contributed by atoms with Gasteiger partial charge in [0, 0.05) is 29.8 Å². The minimum atomic E-state index is 0.527. The van der Waals surface area contributed by atoms with E-state index in [-0.39, 0.29) is 0 Å². The number of hydrogen-bond acceptors (Lipinski definition) is 2. The molecule has 1 aromatic heterocycles. The lowest BCUT2D eigenvalue weighted by molar-refractivity contribution is 0.803. The average Bonchev–Trinajstić information content (AvgIpc) is 2.06. The molecule has 1 unspecified atom stereocenters. The summed E-state index contributed by atoms with van der Waals surface area (Å²) in [5.41, 5.74) is 1.05. The lowest BCUT2D eigenvalue weighted by atomic mass is 10.2. The highest BCUT2D eigenvalue weighted by molar-refractivity contribution is 9.09. The van der Waals surface area contributed by atoms with Gasteiger partial charge in [0.2, 0.25) is 0 Å². The molecule has 0 saturated carbocycles. The van der Waals surface area contributed by atoms with Crippen LogP contribution in [-0.4, -0.2) is 14.8 Å². The van der Waals surface area contributed by atoms with Crippen LogP contribution < -0.4 is 0 Å². The maximum atomic E-state index is 4.17. The predicted molar refractivity (Wildman–Crippen MR) is 48.7 cm³/mol. The van der Waals surface area contributed by atoms with Crippen molar-refractivity contribution in [3.05, 3.63) is 24.3 Å². The normalized spacial score (nSPS) is 12.9. The quantitative estimate of drug-likeness (QED) is 0.722. The van der Waals surface area contributed by atoms with Gasteiger partial charge in [0.15, 0.2) is 0 Å². The van der Waals surface area contributed by atoms with Crippen LogP contribution in [-0.2, 0) is 6.42 Å². The molecule has 1 atom stereocenters. The van der Waals surface area contributed by atoms with Gasteiger partial charge >= 0.3 is 0 Å². The third kappa shape index (κ3) is 2.97. The molecular formula is C8H11BrN2. The van der Waals surface area contributed by atoms with Gasteiger partial charge < -0.3 is 0 Å². The average molecular weight is 215 g/mol. The summed E-state index contributed by atoms with van der Waals surface area (Å²) in [5.74, 6) is 0. The van der Waals surface area contributed by atoms with Crippen molar-refractivity contribution in [3.63, 3.8) is 0 Å². The van der Waals surface area contributed by atoms with E-state index in [1.54, 1.807) is 12.4 Å². The molecular weight excluding hydrogens is 204 g/mol. The molecule has 1 rings (SSSR count). The molecule has 1 aromatic rings. The molecule has 0 fully saturated rings. The summed E-state index contributed by atoms with van der Waals surface area (Å²) in [6, 6.07) is 0. The SMILES string of the molecule is CCC(Br)Cc1cnccn1. The van der Waals surface area contributed by atoms with Crippen LogP contribution in [0.5, 0.6) is 0 Å². The van der Waals surface area contributed by atoms with Crippen LogP contribution in [0.15, 0.2) is 18.6 Å². The van der Waals surface area contributed by atoms with E-state index in [0.29, 0.717) is 4.83 Å². The maximum Gasteiger partial charge on any atom is 0.0597 e. The van der Waals surface area contributed by atoms with Crippen LogP contribution in [0.1, 0.15) is 19.0 Å². The van der Waals surface area contributed by atoms with E-state index in [1.807, 2.05) is 6.20 Å². The molecule has 0 radical (unpaired) electrons. The number of hydrogen-bond donors (Lipinski definition) is 0. The first kappa shape index (κ1) is 8.65. The standard InChI is InChI=1S/C8H11BrN2/c1-2-7(9)5-8-6-10-3-4-11-8/h3-4,6-7H,2,5H2,1H3. The Bertz CT molecular complexity index is 201. The molecule has 0 aromatic carbocycles. The zero-order valence-electron chi connectivity index (χ0n) is 6.50. The molecule has 0 N–H and O–H groups in total. The zero-order chi connectivity index (χ0) is 8.10. The Hall–Kier alpha value is -0.440. The highest BCUT2D eigenvalue weighted by Crippen LogP contribution is 2.09. The Balaban J connectivity index is 2.51. The van der Waals surface area contributed by atoms with Gasteiger partial charge in [0.1, 0.15) is 0 Å². The van der Waals surface area contributed by atoms with Crippen LogP contribution in [0, 0.1) is 0 Å². The zero-order valence-corrected chi connectivity index (χ0v) is 8.08. The summed E-state index contributed by atoms with van der Waals surface area (Å²) < 4.78 is 0. The Morgan fingerprint density at radius 3 is 2.91 bits per heavy atom. The molecule has 60 valence electrons. The summed E-state index contributed by atoms with van der Waals surface area (Å²) in [6.45, 7) is 2.15. The van der Waals surface area contributed by atoms with Gasteiger partial charge in [-0.25, -0.2) is 0 Å². The van der Waals surface area contributed by atoms with Crippen LogP contribution >= 0.6 is 15.9 Å². The fraction of sp³-hybridized carbons (Fsp3) is 0.500. The summed E-state index contributed by atoms with van der Waals surface area (Å²) >= 11 is 3.55. The first-order valence-corrected chi connectivity index (χ1v) is 4.63. The third-order valence-corrected chi connectivity index (χ3v) is 2.46. The Labute approximate surface area is 75.2 Å². The second kappa shape index (κ2) is 4.44.